The predicted molar refractivity (Wildman–Crippen MR) is 48.0 cm³/mol. The van der Waals surface area contributed by atoms with E-state index in [1.54, 1.807) is 6.26 Å². The van der Waals surface area contributed by atoms with E-state index in [4.69, 9.17) is 10.2 Å². The minimum atomic E-state index is 0.416. The molecule has 2 heterocycles. The van der Waals surface area contributed by atoms with Gasteiger partial charge in [0, 0.05) is 5.69 Å². The van der Waals surface area contributed by atoms with Gasteiger partial charge in [-0.2, -0.15) is 5.10 Å². The topological polar surface area (TPSA) is 80.7 Å². The number of rotatable bonds is 1. The van der Waals surface area contributed by atoms with Crippen LogP contribution in [0.2, 0.25) is 0 Å². The van der Waals surface area contributed by atoms with Crippen molar-refractivity contribution in [3.8, 4) is 11.5 Å². The Morgan fingerprint density at radius 2 is 2.23 bits per heavy atom. The van der Waals surface area contributed by atoms with Gasteiger partial charge in [-0.3, -0.25) is 5.10 Å². The van der Waals surface area contributed by atoms with Gasteiger partial charge in [0.05, 0.1) is 5.69 Å². The molecule has 2 aromatic heterocycles. The number of aryl methyl sites for hydroxylation is 2. The molecule has 2 rings (SSSR count). The third-order valence-electron chi connectivity index (χ3n) is 1.81. The minimum Gasteiger partial charge on any atom is -0.444 e. The molecule has 0 unspecified atom stereocenters. The molecule has 13 heavy (non-hydrogen) atoms. The van der Waals surface area contributed by atoms with Gasteiger partial charge in [0.2, 0.25) is 5.89 Å². The number of H-pyrrole nitrogens is 1. The molecule has 0 bridgehead atoms. The lowest BCUT2D eigenvalue weighted by Gasteiger charge is -1.92. The summed E-state index contributed by atoms with van der Waals surface area (Å²) in [6, 6.07) is 0. The van der Waals surface area contributed by atoms with E-state index < -0.39 is 0 Å². The Balaban J connectivity index is 2.57. The number of oxazole rings is 1. The van der Waals surface area contributed by atoms with Crippen molar-refractivity contribution in [1.82, 2.24) is 15.2 Å². The lowest BCUT2D eigenvalue weighted by molar-refractivity contribution is 0.573. The summed E-state index contributed by atoms with van der Waals surface area (Å²) in [5.41, 5.74) is 8.07. The molecular formula is C8H10N4O. The van der Waals surface area contributed by atoms with Gasteiger partial charge in [0.25, 0.3) is 0 Å². The molecule has 0 amide bonds. The van der Waals surface area contributed by atoms with Crippen molar-refractivity contribution in [1.29, 1.82) is 0 Å². The van der Waals surface area contributed by atoms with Gasteiger partial charge in [-0.25, -0.2) is 4.98 Å². The van der Waals surface area contributed by atoms with Crippen LogP contribution in [0, 0.1) is 13.8 Å². The molecule has 3 N–H and O–H groups in total. The zero-order chi connectivity index (χ0) is 9.42. The maximum atomic E-state index is 5.64. The fourth-order valence-electron chi connectivity index (χ4n) is 1.19. The number of hydrogen-bond acceptors (Lipinski definition) is 4. The van der Waals surface area contributed by atoms with Crippen molar-refractivity contribution in [2.24, 2.45) is 0 Å². The van der Waals surface area contributed by atoms with E-state index in [1.807, 2.05) is 13.8 Å². The molecule has 0 aliphatic carbocycles. The molecule has 0 spiro atoms. The van der Waals surface area contributed by atoms with Crippen molar-refractivity contribution in [2.75, 3.05) is 5.73 Å². The highest BCUT2D eigenvalue weighted by molar-refractivity contribution is 5.69. The summed E-state index contributed by atoms with van der Waals surface area (Å²) >= 11 is 0. The third-order valence-corrected chi connectivity index (χ3v) is 1.81. The second-order valence-corrected chi connectivity index (χ2v) is 2.90. The molecule has 0 aromatic carbocycles. The van der Waals surface area contributed by atoms with Gasteiger partial charge in [-0.05, 0) is 13.8 Å². The van der Waals surface area contributed by atoms with Crippen LogP contribution in [-0.4, -0.2) is 15.2 Å². The number of nitrogen functional groups attached to an aromatic ring is 1. The summed E-state index contributed by atoms with van der Waals surface area (Å²) in [4.78, 5) is 4.17. The maximum absolute atomic E-state index is 5.64. The van der Waals surface area contributed by atoms with Gasteiger partial charge < -0.3 is 10.2 Å². The van der Waals surface area contributed by atoms with Crippen LogP contribution in [0.4, 0.5) is 5.82 Å². The first-order chi connectivity index (χ1) is 6.18. The first kappa shape index (κ1) is 7.85. The monoisotopic (exact) mass is 178 g/mol. The third kappa shape index (κ3) is 1.18. The molecule has 0 aliphatic rings. The van der Waals surface area contributed by atoms with Crippen molar-refractivity contribution in [2.45, 2.75) is 13.8 Å². The zero-order valence-electron chi connectivity index (χ0n) is 7.46. The number of nitrogens with zero attached hydrogens (tertiary/aromatic N) is 2. The van der Waals surface area contributed by atoms with Crippen LogP contribution in [0.3, 0.4) is 0 Å². The summed E-state index contributed by atoms with van der Waals surface area (Å²) in [6.07, 6.45) is 1.58. The van der Waals surface area contributed by atoms with Crippen LogP contribution >= 0.6 is 0 Å². The fourth-order valence-corrected chi connectivity index (χ4v) is 1.19. The van der Waals surface area contributed by atoms with Crippen LogP contribution in [0.25, 0.3) is 11.5 Å². The summed E-state index contributed by atoms with van der Waals surface area (Å²) in [5, 5.41) is 6.62. The number of aromatic nitrogens is 3. The van der Waals surface area contributed by atoms with Crippen molar-refractivity contribution >= 4 is 5.82 Å². The highest BCUT2D eigenvalue weighted by Gasteiger charge is 2.14. The summed E-state index contributed by atoms with van der Waals surface area (Å²) in [5.74, 6) is 0.931. The van der Waals surface area contributed by atoms with E-state index in [1.165, 1.54) is 0 Å². The number of aromatic amines is 1. The van der Waals surface area contributed by atoms with Crippen LogP contribution in [-0.2, 0) is 0 Å². The molecule has 2 aromatic rings. The molecule has 0 radical (unpaired) electrons. The van der Waals surface area contributed by atoms with Crippen LogP contribution in [0.15, 0.2) is 10.7 Å². The highest BCUT2D eigenvalue weighted by Crippen LogP contribution is 2.26. The molecule has 0 atom stereocenters. The second-order valence-electron chi connectivity index (χ2n) is 2.90. The van der Waals surface area contributed by atoms with Crippen LogP contribution < -0.4 is 5.73 Å². The van der Waals surface area contributed by atoms with E-state index in [9.17, 15) is 0 Å². The first-order valence-corrected chi connectivity index (χ1v) is 3.91. The smallest absolute Gasteiger partial charge is 0.231 e. The van der Waals surface area contributed by atoms with E-state index in [0.29, 0.717) is 11.7 Å². The predicted octanol–water partition coefficient (Wildman–Crippen LogP) is 1.26. The molecular weight excluding hydrogens is 168 g/mol. The van der Waals surface area contributed by atoms with Crippen molar-refractivity contribution < 1.29 is 4.42 Å². The standard InChI is InChI=1S/C8H10N4O/c1-4-3-13-8(10-4)6-5(2)11-12-7(6)9/h3H,1-2H3,(H3,9,11,12). The first-order valence-electron chi connectivity index (χ1n) is 3.91. The Labute approximate surface area is 75.0 Å². The molecule has 0 saturated carbocycles. The average molecular weight is 178 g/mol. The summed E-state index contributed by atoms with van der Waals surface area (Å²) in [6.45, 7) is 3.73. The highest BCUT2D eigenvalue weighted by atomic mass is 16.3. The average Bonchev–Trinajstić information content (AvgIpc) is 2.60. The molecule has 0 aliphatic heterocycles. The number of nitrogens with one attached hydrogen (secondary N) is 1. The Hall–Kier alpha value is -1.78. The number of anilines is 1. The second kappa shape index (κ2) is 2.62. The van der Waals surface area contributed by atoms with Gasteiger partial charge in [-0.1, -0.05) is 0 Å². The van der Waals surface area contributed by atoms with E-state index in [0.717, 1.165) is 17.0 Å². The molecule has 0 saturated heterocycles. The number of nitrogens with two attached hydrogens (primary N) is 1. The largest absolute Gasteiger partial charge is 0.444 e. The van der Waals surface area contributed by atoms with E-state index in [2.05, 4.69) is 15.2 Å². The normalized spacial score (nSPS) is 10.6. The Morgan fingerprint density at radius 3 is 2.69 bits per heavy atom. The SMILES string of the molecule is Cc1coc(-c2c(N)n[nH]c2C)n1. The zero-order valence-corrected chi connectivity index (χ0v) is 7.46. The Morgan fingerprint density at radius 1 is 1.46 bits per heavy atom. The summed E-state index contributed by atoms with van der Waals surface area (Å²) < 4.78 is 5.22. The Kier molecular flexibility index (Phi) is 1.58. The maximum Gasteiger partial charge on any atom is 0.231 e. The van der Waals surface area contributed by atoms with Gasteiger partial charge in [0.15, 0.2) is 5.82 Å². The lowest BCUT2D eigenvalue weighted by Crippen LogP contribution is -1.88. The Bertz CT molecular complexity index is 410. The van der Waals surface area contributed by atoms with Gasteiger partial charge in [-0.15, -0.1) is 0 Å². The van der Waals surface area contributed by atoms with E-state index in [-0.39, 0.29) is 0 Å². The molecule has 5 heteroatoms. The van der Waals surface area contributed by atoms with Crippen LogP contribution in [0.1, 0.15) is 11.4 Å². The fraction of sp³-hybridized carbons (Fsp3) is 0.250. The quantitative estimate of drug-likeness (QED) is 0.688. The van der Waals surface area contributed by atoms with Gasteiger partial charge in [0.1, 0.15) is 11.8 Å². The molecule has 68 valence electrons. The molecule has 0 fully saturated rings. The van der Waals surface area contributed by atoms with Crippen molar-refractivity contribution in [3.05, 3.63) is 17.7 Å². The minimum absolute atomic E-state index is 0.416. The lowest BCUT2D eigenvalue weighted by atomic mass is 10.2. The van der Waals surface area contributed by atoms with E-state index >= 15 is 0 Å². The van der Waals surface area contributed by atoms with Crippen LogP contribution in [0.5, 0.6) is 0 Å². The number of hydrogen-bond donors (Lipinski definition) is 2. The molecule has 5 nitrogen and oxygen atoms in total. The summed E-state index contributed by atoms with van der Waals surface area (Å²) in [7, 11) is 0. The van der Waals surface area contributed by atoms with Crippen molar-refractivity contribution in [3.63, 3.8) is 0 Å². The van der Waals surface area contributed by atoms with Gasteiger partial charge >= 0.3 is 0 Å².